The minimum absolute atomic E-state index is 0.243. The van der Waals surface area contributed by atoms with Gasteiger partial charge in [0.2, 0.25) is 0 Å². The maximum atomic E-state index is 5.19. The Morgan fingerprint density at radius 1 is 1.17 bits per heavy atom. The van der Waals surface area contributed by atoms with Gasteiger partial charge in [-0.1, -0.05) is 6.92 Å². The van der Waals surface area contributed by atoms with Crippen LogP contribution in [-0.2, 0) is 4.74 Å². The van der Waals surface area contributed by atoms with E-state index in [1.54, 1.807) is 7.11 Å². The van der Waals surface area contributed by atoms with Gasteiger partial charge in [0.25, 0.3) is 0 Å². The minimum Gasteiger partial charge on any atom is -0.383 e. The first kappa shape index (κ1) is 17.9. The quantitative estimate of drug-likeness (QED) is 0.610. The highest BCUT2D eigenvalue weighted by Gasteiger charge is 2.11. The van der Waals surface area contributed by atoms with Crippen LogP contribution in [0.1, 0.15) is 53.9 Å². The van der Waals surface area contributed by atoms with E-state index in [-0.39, 0.29) is 5.54 Å². The molecule has 1 unspecified atom stereocenters. The molecule has 0 amide bonds. The summed E-state index contributed by atoms with van der Waals surface area (Å²) in [5.41, 5.74) is 0.243. The molecule has 0 aromatic rings. The summed E-state index contributed by atoms with van der Waals surface area (Å²) in [5, 5.41) is 3.54. The summed E-state index contributed by atoms with van der Waals surface area (Å²) in [4.78, 5) is 2.54. The fraction of sp³-hybridized carbons (Fsp3) is 1.00. The highest BCUT2D eigenvalue weighted by molar-refractivity contribution is 4.70. The van der Waals surface area contributed by atoms with Gasteiger partial charge in [0.15, 0.2) is 0 Å². The van der Waals surface area contributed by atoms with Crippen LogP contribution in [0.5, 0.6) is 0 Å². The molecular weight excluding hydrogens is 224 g/mol. The Kier molecular flexibility index (Phi) is 9.70. The third-order valence-electron chi connectivity index (χ3n) is 3.32. The van der Waals surface area contributed by atoms with Crippen molar-refractivity contribution < 1.29 is 4.74 Å². The average molecular weight is 258 g/mol. The Bertz CT molecular complexity index is 189. The second-order valence-electron chi connectivity index (χ2n) is 6.17. The second-order valence-corrected chi connectivity index (χ2v) is 6.17. The lowest BCUT2D eigenvalue weighted by molar-refractivity contribution is 0.121. The van der Waals surface area contributed by atoms with Crippen LogP contribution in [0, 0.1) is 0 Å². The van der Waals surface area contributed by atoms with Gasteiger partial charge in [0.05, 0.1) is 6.61 Å². The van der Waals surface area contributed by atoms with Crippen LogP contribution in [0.3, 0.4) is 0 Å². The molecule has 0 aliphatic rings. The van der Waals surface area contributed by atoms with E-state index in [1.807, 2.05) is 0 Å². The maximum Gasteiger partial charge on any atom is 0.0589 e. The number of methoxy groups -OCH3 is 1. The standard InChI is InChI=1S/C15H34N2O/c1-7-14(2)17(12-13-18-6)11-9-8-10-16-15(3,4)5/h14,16H,7-13H2,1-6H3. The van der Waals surface area contributed by atoms with E-state index in [1.165, 1.54) is 25.8 Å². The van der Waals surface area contributed by atoms with E-state index in [9.17, 15) is 0 Å². The third-order valence-corrected chi connectivity index (χ3v) is 3.32. The molecular formula is C15H34N2O. The molecule has 0 fully saturated rings. The highest BCUT2D eigenvalue weighted by atomic mass is 16.5. The van der Waals surface area contributed by atoms with Crippen LogP contribution in [0.4, 0.5) is 0 Å². The van der Waals surface area contributed by atoms with Gasteiger partial charge in [-0.3, -0.25) is 4.90 Å². The SMILES string of the molecule is CCC(C)N(CCCCNC(C)(C)C)CCOC. The van der Waals surface area contributed by atoms with Crippen LogP contribution in [0.2, 0.25) is 0 Å². The summed E-state index contributed by atoms with van der Waals surface area (Å²) in [6.45, 7) is 15.4. The molecule has 0 saturated carbocycles. The highest BCUT2D eigenvalue weighted by Crippen LogP contribution is 2.06. The van der Waals surface area contributed by atoms with Crippen molar-refractivity contribution in [3.8, 4) is 0 Å². The van der Waals surface area contributed by atoms with Crippen LogP contribution >= 0.6 is 0 Å². The van der Waals surface area contributed by atoms with E-state index in [4.69, 9.17) is 4.74 Å². The Labute approximate surface area is 114 Å². The average Bonchev–Trinajstić information content (AvgIpc) is 2.30. The molecule has 0 radical (unpaired) electrons. The predicted octanol–water partition coefficient (Wildman–Crippen LogP) is 2.90. The summed E-state index contributed by atoms with van der Waals surface area (Å²) in [6.07, 6.45) is 3.72. The Morgan fingerprint density at radius 3 is 2.33 bits per heavy atom. The number of unbranched alkanes of at least 4 members (excludes halogenated alkanes) is 1. The van der Waals surface area contributed by atoms with Gasteiger partial charge < -0.3 is 10.1 Å². The predicted molar refractivity (Wildman–Crippen MR) is 80.2 cm³/mol. The largest absolute Gasteiger partial charge is 0.383 e. The molecule has 0 aliphatic carbocycles. The number of nitrogens with zero attached hydrogens (tertiary/aromatic N) is 1. The minimum atomic E-state index is 0.243. The molecule has 3 heteroatoms. The van der Waals surface area contributed by atoms with Crippen LogP contribution in [0.15, 0.2) is 0 Å². The summed E-state index contributed by atoms with van der Waals surface area (Å²) < 4.78 is 5.19. The summed E-state index contributed by atoms with van der Waals surface area (Å²) in [7, 11) is 1.78. The van der Waals surface area contributed by atoms with Crippen molar-refractivity contribution in [3.05, 3.63) is 0 Å². The first-order chi connectivity index (χ1) is 8.40. The lowest BCUT2D eigenvalue weighted by Gasteiger charge is -2.28. The lowest BCUT2D eigenvalue weighted by atomic mass is 10.1. The van der Waals surface area contributed by atoms with Crippen LogP contribution in [0.25, 0.3) is 0 Å². The molecule has 0 bridgehead atoms. The van der Waals surface area contributed by atoms with Crippen molar-refractivity contribution in [3.63, 3.8) is 0 Å². The molecule has 3 nitrogen and oxygen atoms in total. The van der Waals surface area contributed by atoms with Gasteiger partial charge in [0, 0.05) is 25.2 Å². The van der Waals surface area contributed by atoms with Gasteiger partial charge in [-0.15, -0.1) is 0 Å². The number of ether oxygens (including phenoxy) is 1. The molecule has 1 N–H and O–H groups in total. The van der Waals surface area contributed by atoms with Crippen LogP contribution in [-0.4, -0.2) is 49.8 Å². The fourth-order valence-electron chi connectivity index (χ4n) is 1.92. The molecule has 0 aromatic carbocycles. The summed E-state index contributed by atoms with van der Waals surface area (Å²) >= 11 is 0. The first-order valence-corrected chi connectivity index (χ1v) is 7.38. The summed E-state index contributed by atoms with van der Waals surface area (Å²) in [5.74, 6) is 0. The molecule has 0 aliphatic heterocycles. The number of rotatable bonds is 10. The van der Waals surface area contributed by atoms with E-state index in [0.717, 1.165) is 19.7 Å². The monoisotopic (exact) mass is 258 g/mol. The zero-order chi connectivity index (χ0) is 14.0. The molecule has 18 heavy (non-hydrogen) atoms. The Balaban J connectivity index is 3.75. The van der Waals surface area contributed by atoms with E-state index in [0.29, 0.717) is 6.04 Å². The van der Waals surface area contributed by atoms with Gasteiger partial charge in [0.1, 0.15) is 0 Å². The van der Waals surface area contributed by atoms with Gasteiger partial charge in [-0.2, -0.15) is 0 Å². The molecule has 0 aromatic heterocycles. The smallest absolute Gasteiger partial charge is 0.0589 e. The second kappa shape index (κ2) is 9.76. The molecule has 0 saturated heterocycles. The van der Waals surface area contributed by atoms with Gasteiger partial charge in [-0.05, 0) is 60.0 Å². The van der Waals surface area contributed by atoms with E-state index >= 15 is 0 Å². The summed E-state index contributed by atoms with van der Waals surface area (Å²) in [6, 6.07) is 0.663. The Morgan fingerprint density at radius 2 is 1.83 bits per heavy atom. The number of hydrogen-bond acceptors (Lipinski definition) is 3. The fourth-order valence-corrected chi connectivity index (χ4v) is 1.92. The van der Waals surface area contributed by atoms with Crippen molar-refractivity contribution >= 4 is 0 Å². The van der Waals surface area contributed by atoms with Gasteiger partial charge >= 0.3 is 0 Å². The zero-order valence-electron chi connectivity index (χ0n) is 13.4. The van der Waals surface area contributed by atoms with Crippen molar-refractivity contribution in [1.82, 2.24) is 10.2 Å². The van der Waals surface area contributed by atoms with Crippen molar-refractivity contribution in [1.29, 1.82) is 0 Å². The molecule has 0 spiro atoms. The third kappa shape index (κ3) is 9.86. The van der Waals surface area contributed by atoms with Crippen molar-refractivity contribution in [2.45, 2.75) is 65.5 Å². The zero-order valence-corrected chi connectivity index (χ0v) is 13.4. The Hall–Kier alpha value is -0.120. The molecule has 0 rings (SSSR count). The van der Waals surface area contributed by atoms with E-state index < -0.39 is 0 Å². The maximum absolute atomic E-state index is 5.19. The first-order valence-electron chi connectivity index (χ1n) is 7.38. The molecule has 110 valence electrons. The topological polar surface area (TPSA) is 24.5 Å². The number of nitrogens with one attached hydrogen (secondary N) is 1. The number of hydrogen-bond donors (Lipinski definition) is 1. The van der Waals surface area contributed by atoms with E-state index in [2.05, 4.69) is 44.8 Å². The molecule has 1 atom stereocenters. The van der Waals surface area contributed by atoms with Crippen molar-refractivity contribution in [2.75, 3.05) is 33.4 Å². The lowest BCUT2D eigenvalue weighted by Crippen LogP contribution is -2.38. The normalized spacial score (nSPS) is 14.2. The van der Waals surface area contributed by atoms with Crippen LogP contribution < -0.4 is 5.32 Å². The van der Waals surface area contributed by atoms with Crippen molar-refractivity contribution in [2.24, 2.45) is 0 Å². The molecule has 0 heterocycles. The van der Waals surface area contributed by atoms with Gasteiger partial charge in [-0.25, -0.2) is 0 Å².